The van der Waals surface area contributed by atoms with Crippen LogP contribution >= 0.6 is 0 Å². The van der Waals surface area contributed by atoms with Crippen molar-refractivity contribution in [3.8, 4) is 11.5 Å². The van der Waals surface area contributed by atoms with Gasteiger partial charge in [0.1, 0.15) is 11.5 Å². The maximum atomic E-state index is 11.8. The minimum Gasteiger partial charge on any atom is -0.478 e. The van der Waals surface area contributed by atoms with Crippen LogP contribution in [0.4, 0.5) is 5.69 Å². The van der Waals surface area contributed by atoms with Gasteiger partial charge in [-0.2, -0.15) is 0 Å². The van der Waals surface area contributed by atoms with Gasteiger partial charge in [0.15, 0.2) is 0 Å². The Morgan fingerprint density at radius 3 is 2.33 bits per heavy atom. The molecule has 1 amide bonds. The lowest BCUT2D eigenvalue weighted by Gasteiger charge is -2.11. The third-order valence-corrected chi connectivity index (χ3v) is 3.24. The zero-order valence-corrected chi connectivity index (χ0v) is 14.1. The lowest BCUT2D eigenvalue weighted by Crippen LogP contribution is -2.23. The molecule has 27 heavy (non-hydrogen) atoms. The van der Waals surface area contributed by atoms with E-state index < -0.39 is 23.8 Å². The minimum atomic E-state index is -1.76. The smallest absolute Gasteiger partial charge is 0.394 e. The molecule has 0 saturated carbocycles. The number of benzene rings is 2. The summed E-state index contributed by atoms with van der Waals surface area (Å²) >= 11 is 0. The van der Waals surface area contributed by atoms with E-state index in [4.69, 9.17) is 19.7 Å². The number of amides is 1. The highest BCUT2D eigenvalue weighted by molar-refractivity contribution is 6.36. The number of nitrogens with one attached hydrogen (secondary N) is 1. The predicted octanol–water partition coefficient (Wildman–Crippen LogP) is 2.38. The van der Waals surface area contributed by atoms with E-state index >= 15 is 0 Å². The lowest BCUT2D eigenvalue weighted by molar-refractivity contribution is -0.147. The summed E-state index contributed by atoms with van der Waals surface area (Å²) in [6.45, 7) is 1.89. The molecule has 0 aliphatic rings. The molecule has 2 rings (SSSR count). The summed E-state index contributed by atoms with van der Waals surface area (Å²) in [7, 11) is 0. The summed E-state index contributed by atoms with van der Waals surface area (Å²) in [6.07, 6.45) is 0. The van der Waals surface area contributed by atoms with Gasteiger partial charge in [0.25, 0.3) is 0 Å². The molecule has 140 valence electrons. The molecular weight excluding hydrogens is 358 g/mol. The van der Waals surface area contributed by atoms with Crippen LogP contribution in [0.1, 0.15) is 27.6 Å². The monoisotopic (exact) mass is 373 g/mol. The lowest BCUT2D eigenvalue weighted by atomic mass is 10.1. The average Bonchev–Trinajstić information content (AvgIpc) is 2.62. The maximum absolute atomic E-state index is 11.8. The Balaban J connectivity index is 2.30. The number of carbonyl (C=O) groups excluding carboxylic acids is 2. The highest BCUT2D eigenvalue weighted by Crippen LogP contribution is 2.28. The van der Waals surface area contributed by atoms with E-state index in [1.807, 2.05) is 5.32 Å². The van der Waals surface area contributed by atoms with Crippen molar-refractivity contribution >= 4 is 29.5 Å². The zero-order valence-electron chi connectivity index (χ0n) is 14.1. The molecule has 0 radical (unpaired) electrons. The highest BCUT2D eigenvalue weighted by atomic mass is 16.5. The van der Waals surface area contributed by atoms with Crippen molar-refractivity contribution in [2.24, 2.45) is 0 Å². The Morgan fingerprint density at radius 1 is 1.00 bits per heavy atom. The number of ether oxygens (including phenoxy) is 2. The Kier molecular flexibility index (Phi) is 6.10. The predicted molar refractivity (Wildman–Crippen MR) is 92.1 cm³/mol. The molecule has 3 N–H and O–H groups in total. The molecule has 9 nitrogen and oxygen atoms in total. The van der Waals surface area contributed by atoms with Crippen molar-refractivity contribution in [2.45, 2.75) is 6.92 Å². The maximum Gasteiger partial charge on any atom is 0.394 e. The molecule has 0 fully saturated rings. The van der Waals surface area contributed by atoms with Gasteiger partial charge in [0.05, 0.1) is 23.4 Å². The summed E-state index contributed by atoms with van der Waals surface area (Å²) in [5.74, 6) is -4.65. The van der Waals surface area contributed by atoms with Crippen LogP contribution in [0.25, 0.3) is 0 Å². The van der Waals surface area contributed by atoms with Gasteiger partial charge in [-0.25, -0.2) is 14.4 Å². The molecule has 0 atom stereocenters. The van der Waals surface area contributed by atoms with Gasteiger partial charge in [-0.1, -0.05) is 6.07 Å². The second-order valence-corrected chi connectivity index (χ2v) is 5.12. The third kappa shape index (κ3) is 5.05. The van der Waals surface area contributed by atoms with E-state index in [9.17, 15) is 19.2 Å². The van der Waals surface area contributed by atoms with E-state index in [1.165, 1.54) is 24.3 Å². The van der Waals surface area contributed by atoms with Gasteiger partial charge in [-0.15, -0.1) is 0 Å². The van der Waals surface area contributed by atoms with Gasteiger partial charge in [-0.3, -0.25) is 4.79 Å². The van der Waals surface area contributed by atoms with E-state index in [2.05, 4.69) is 0 Å². The SMILES string of the molecule is CCOC(=O)c1cccc(Oc2ccc(C(=O)O)c(NC(=O)C(=O)O)c2)c1. The quantitative estimate of drug-likeness (QED) is 0.518. The molecular formula is C18H15NO8. The molecule has 0 aliphatic heterocycles. The summed E-state index contributed by atoms with van der Waals surface area (Å²) in [4.78, 5) is 45.0. The Morgan fingerprint density at radius 2 is 1.70 bits per heavy atom. The first-order chi connectivity index (χ1) is 12.8. The molecule has 0 heterocycles. The van der Waals surface area contributed by atoms with Crippen molar-refractivity contribution in [2.75, 3.05) is 11.9 Å². The number of carbonyl (C=O) groups is 4. The van der Waals surface area contributed by atoms with Gasteiger partial charge in [0.2, 0.25) is 0 Å². The van der Waals surface area contributed by atoms with E-state index in [0.717, 1.165) is 6.07 Å². The Labute approximate surface area is 153 Å². The van der Waals surface area contributed by atoms with Crippen LogP contribution in [0.15, 0.2) is 42.5 Å². The van der Waals surface area contributed by atoms with E-state index in [-0.39, 0.29) is 34.9 Å². The molecule has 0 saturated heterocycles. The first kappa shape index (κ1) is 19.4. The zero-order chi connectivity index (χ0) is 20.0. The molecule has 0 spiro atoms. The van der Waals surface area contributed by atoms with Crippen molar-refractivity contribution in [1.29, 1.82) is 0 Å². The molecule has 0 aliphatic carbocycles. The second kappa shape index (κ2) is 8.48. The Bertz CT molecular complexity index is 906. The minimum absolute atomic E-state index is 0.127. The molecule has 0 aromatic heterocycles. The van der Waals surface area contributed by atoms with E-state index in [1.54, 1.807) is 19.1 Å². The van der Waals surface area contributed by atoms with E-state index in [0.29, 0.717) is 0 Å². The van der Waals surface area contributed by atoms with Gasteiger partial charge < -0.3 is 25.0 Å². The normalized spacial score (nSPS) is 9.96. The number of rotatable bonds is 6. The van der Waals surface area contributed by atoms with Gasteiger partial charge in [0, 0.05) is 6.07 Å². The molecule has 2 aromatic rings. The number of esters is 1. The first-order valence-electron chi connectivity index (χ1n) is 7.68. The third-order valence-electron chi connectivity index (χ3n) is 3.24. The number of anilines is 1. The van der Waals surface area contributed by atoms with Crippen molar-refractivity contribution in [3.05, 3.63) is 53.6 Å². The van der Waals surface area contributed by atoms with Crippen LogP contribution in [0.2, 0.25) is 0 Å². The number of hydrogen-bond donors (Lipinski definition) is 3. The average molecular weight is 373 g/mol. The topological polar surface area (TPSA) is 139 Å². The number of hydrogen-bond acceptors (Lipinski definition) is 6. The van der Waals surface area contributed by atoms with Gasteiger partial charge in [-0.05, 0) is 37.3 Å². The van der Waals surface area contributed by atoms with Crippen molar-refractivity contribution in [1.82, 2.24) is 0 Å². The summed E-state index contributed by atoms with van der Waals surface area (Å²) in [5, 5.41) is 19.8. The number of aromatic carboxylic acids is 1. The summed E-state index contributed by atoms with van der Waals surface area (Å²) < 4.78 is 10.5. The van der Waals surface area contributed by atoms with Crippen LogP contribution in [-0.2, 0) is 14.3 Å². The highest BCUT2D eigenvalue weighted by Gasteiger charge is 2.18. The summed E-state index contributed by atoms with van der Waals surface area (Å²) in [5.41, 5.74) is -0.290. The molecule has 9 heteroatoms. The van der Waals surface area contributed by atoms with Crippen LogP contribution in [0, 0.1) is 0 Å². The van der Waals surface area contributed by atoms with Crippen molar-refractivity contribution in [3.63, 3.8) is 0 Å². The molecule has 0 bridgehead atoms. The van der Waals surface area contributed by atoms with Gasteiger partial charge >= 0.3 is 23.8 Å². The molecule has 0 unspecified atom stereocenters. The number of carboxylic acids is 2. The van der Waals surface area contributed by atoms with Crippen LogP contribution in [0.3, 0.4) is 0 Å². The van der Waals surface area contributed by atoms with Crippen LogP contribution in [0.5, 0.6) is 11.5 Å². The van der Waals surface area contributed by atoms with Crippen LogP contribution < -0.4 is 10.1 Å². The first-order valence-corrected chi connectivity index (χ1v) is 7.68. The fourth-order valence-electron chi connectivity index (χ4n) is 2.09. The fraction of sp³-hybridized carbons (Fsp3) is 0.111. The standard InChI is InChI=1S/C18H15NO8/c1-2-26-18(25)10-4-3-5-11(8-10)27-12-6-7-13(16(21)22)14(9-12)19-15(20)17(23)24/h3-9H,2H2,1H3,(H,19,20)(H,21,22)(H,23,24). The largest absolute Gasteiger partial charge is 0.478 e. The van der Waals surface area contributed by atoms with Crippen molar-refractivity contribution < 1.29 is 38.9 Å². The summed E-state index contributed by atoms with van der Waals surface area (Å²) in [6, 6.07) is 9.75. The Hall–Kier alpha value is -3.88. The molecule has 2 aromatic carbocycles. The number of aliphatic carboxylic acids is 1. The number of carboxylic acid groups (broad SMARTS) is 2. The second-order valence-electron chi connectivity index (χ2n) is 5.12. The van der Waals surface area contributed by atoms with Crippen LogP contribution in [-0.4, -0.2) is 40.6 Å². The fourth-order valence-corrected chi connectivity index (χ4v) is 2.09.